The number of hydrogen-bond acceptors (Lipinski definition) is 7. The number of nitrogens with zero attached hydrogens (tertiary/aromatic N) is 5. The van der Waals surface area contributed by atoms with Crippen LogP contribution in [0, 0.1) is 11.3 Å². The van der Waals surface area contributed by atoms with E-state index in [1.54, 1.807) is 53.7 Å². The Morgan fingerprint density at radius 1 is 1.00 bits per heavy atom. The van der Waals surface area contributed by atoms with E-state index < -0.39 is 16.9 Å². The molecule has 10 nitrogen and oxygen atoms in total. The van der Waals surface area contributed by atoms with E-state index in [0.29, 0.717) is 24.3 Å². The van der Waals surface area contributed by atoms with Gasteiger partial charge in [-0.05, 0) is 54.4 Å². The number of ether oxygens (including phenoxy) is 1. The molecule has 0 saturated heterocycles. The van der Waals surface area contributed by atoms with Crippen molar-refractivity contribution < 1.29 is 9.53 Å². The van der Waals surface area contributed by atoms with Crippen LogP contribution in [0.4, 0.5) is 5.69 Å². The number of hydrogen-bond donors (Lipinski definition) is 1. The summed E-state index contributed by atoms with van der Waals surface area (Å²) in [6, 6.07) is 13.0. The van der Waals surface area contributed by atoms with Crippen LogP contribution in [0.25, 0.3) is 5.69 Å². The zero-order chi connectivity index (χ0) is 25.4. The van der Waals surface area contributed by atoms with Crippen LogP contribution in [0.15, 0.2) is 64.4 Å². The number of anilines is 1. The van der Waals surface area contributed by atoms with Gasteiger partial charge in [0.15, 0.2) is 5.75 Å². The first kappa shape index (κ1) is 23.3. The number of pyridine rings is 1. The van der Waals surface area contributed by atoms with Crippen molar-refractivity contribution in [2.24, 2.45) is 0 Å². The Hall–Kier alpha value is -4.46. The van der Waals surface area contributed by atoms with Gasteiger partial charge in [-0.2, -0.15) is 9.94 Å². The van der Waals surface area contributed by atoms with Gasteiger partial charge in [-0.1, -0.05) is 23.2 Å². The molecule has 36 heavy (non-hydrogen) atoms. The molecule has 1 aliphatic rings. The van der Waals surface area contributed by atoms with Gasteiger partial charge in [0.25, 0.3) is 11.5 Å². The Morgan fingerprint density at radius 3 is 2.42 bits per heavy atom. The van der Waals surface area contributed by atoms with Crippen molar-refractivity contribution in [3.63, 3.8) is 0 Å². The fourth-order valence-electron chi connectivity index (χ4n) is 3.83. The number of aromatic amines is 1. The highest BCUT2D eigenvalue weighted by Gasteiger charge is 2.26. The van der Waals surface area contributed by atoms with Gasteiger partial charge < -0.3 is 9.64 Å². The molecule has 12 heteroatoms. The Balaban J connectivity index is 1.43. The van der Waals surface area contributed by atoms with Crippen molar-refractivity contribution in [1.29, 1.82) is 5.26 Å². The Morgan fingerprint density at radius 2 is 1.72 bits per heavy atom. The summed E-state index contributed by atoms with van der Waals surface area (Å²) in [6.07, 6.45) is 3.89. The smallest absolute Gasteiger partial charge is 0.349 e. The predicted octanol–water partition coefficient (Wildman–Crippen LogP) is 3.49. The standard InChI is InChI=1S/C24H14Cl2N6O4/c25-18-10-15(32-24(35)29-22(33)20(12-27)30-32)11-19(26)21(18)36-16-1-2-17-13(9-16)5-8-31(23(17)34)14-3-6-28-7-4-14/h1-4,6-7,9-11H,5,8H2,(H,29,33,35). The second kappa shape index (κ2) is 9.30. The molecule has 0 saturated carbocycles. The third kappa shape index (κ3) is 4.22. The van der Waals surface area contributed by atoms with Crippen LogP contribution in [0.2, 0.25) is 10.0 Å². The number of nitriles is 1. The summed E-state index contributed by atoms with van der Waals surface area (Å²) in [6.45, 7) is 0.501. The van der Waals surface area contributed by atoms with Crippen molar-refractivity contribution in [2.75, 3.05) is 11.4 Å². The minimum atomic E-state index is -0.898. The number of halogens is 2. The zero-order valence-corrected chi connectivity index (χ0v) is 19.7. The van der Waals surface area contributed by atoms with E-state index >= 15 is 0 Å². The molecule has 0 radical (unpaired) electrons. The SMILES string of the molecule is N#Cc1nn(-c2cc(Cl)c(Oc3ccc4c(c3)CCN(c3ccncc3)C4=O)c(Cl)c2)c(=O)[nH]c1=O. The zero-order valence-electron chi connectivity index (χ0n) is 18.2. The molecule has 4 aromatic rings. The second-order valence-corrected chi connectivity index (χ2v) is 8.52. The number of carbonyl (C=O) groups excluding carboxylic acids is 1. The molecule has 1 aliphatic heterocycles. The Kier molecular flexibility index (Phi) is 6.01. The quantitative estimate of drug-likeness (QED) is 0.435. The highest BCUT2D eigenvalue weighted by atomic mass is 35.5. The summed E-state index contributed by atoms with van der Waals surface area (Å²) in [5.41, 5.74) is 0.0355. The molecule has 178 valence electrons. The minimum Gasteiger partial charge on any atom is -0.454 e. The van der Waals surface area contributed by atoms with E-state index in [1.807, 2.05) is 4.98 Å². The molecular formula is C24H14Cl2N6O4. The van der Waals surface area contributed by atoms with Gasteiger partial charge in [0, 0.05) is 30.2 Å². The normalized spacial score (nSPS) is 12.7. The first-order chi connectivity index (χ1) is 17.4. The number of carbonyl (C=O) groups is 1. The third-order valence-electron chi connectivity index (χ3n) is 5.51. The van der Waals surface area contributed by atoms with Gasteiger partial charge in [-0.15, -0.1) is 5.10 Å². The van der Waals surface area contributed by atoms with Crippen molar-refractivity contribution in [3.8, 4) is 23.3 Å². The molecule has 0 unspecified atom stereocenters. The summed E-state index contributed by atoms with van der Waals surface area (Å²) >= 11 is 12.8. The Bertz CT molecular complexity index is 1650. The molecule has 2 aromatic heterocycles. The van der Waals surface area contributed by atoms with Gasteiger partial charge in [-0.25, -0.2) is 4.79 Å². The third-order valence-corrected chi connectivity index (χ3v) is 6.07. The van der Waals surface area contributed by atoms with Crippen LogP contribution in [0.3, 0.4) is 0 Å². The first-order valence-electron chi connectivity index (χ1n) is 10.5. The maximum atomic E-state index is 13.0. The molecule has 0 spiro atoms. The number of benzene rings is 2. The number of fused-ring (bicyclic) bond motifs is 1. The van der Waals surface area contributed by atoms with Gasteiger partial charge in [0.2, 0.25) is 5.69 Å². The molecule has 2 aromatic carbocycles. The molecule has 1 amide bonds. The Labute approximate surface area is 212 Å². The van der Waals surface area contributed by atoms with E-state index in [4.69, 9.17) is 33.2 Å². The summed E-state index contributed by atoms with van der Waals surface area (Å²) in [5, 5.41) is 12.9. The monoisotopic (exact) mass is 520 g/mol. The summed E-state index contributed by atoms with van der Waals surface area (Å²) < 4.78 is 6.73. The van der Waals surface area contributed by atoms with E-state index in [2.05, 4.69) is 10.1 Å². The van der Waals surface area contributed by atoms with Crippen LogP contribution in [0.1, 0.15) is 21.6 Å². The van der Waals surface area contributed by atoms with Crippen molar-refractivity contribution in [1.82, 2.24) is 19.7 Å². The number of amides is 1. The molecule has 5 rings (SSSR count). The molecule has 0 atom stereocenters. The van der Waals surface area contributed by atoms with Gasteiger partial charge in [0.1, 0.15) is 11.8 Å². The molecule has 1 N–H and O–H groups in total. The van der Waals surface area contributed by atoms with Gasteiger partial charge in [-0.3, -0.25) is 19.6 Å². The maximum Gasteiger partial charge on any atom is 0.349 e. The van der Waals surface area contributed by atoms with Crippen molar-refractivity contribution >= 4 is 34.8 Å². The lowest BCUT2D eigenvalue weighted by Crippen LogP contribution is -2.37. The largest absolute Gasteiger partial charge is 0.454 e. The van der Waals surface area contributed by atoms with Crippen LogP contribution in [0.5, 0.6) is 11.5 Å². The van der Waals surface area contributed by atoms with E-state index in [1.165, 1.54) is 12.1 Å². The van der Waals surface area contributed by atoms with Crippen LogP contribution < -0.4 is 20.9 Å². The highest BCUT2D eigenvalue weighted by Crippen LogP contribution is 2.39. The average molecular weight is 521 g/mol. The molecular weight excluding hydrogens is 507 g/mol. The topological polar surface area (TPSA) is 134 Å². The minimum absolute atomic E-state index is 0.0635. The lowest BCUT2D eigenvalue weighted by molar-refractivity contribution is 0.0980. The van der Waals surface area contributed by atoms with Crippen molar-refractivity contribution in [3.05, 3.63) is 103 Å². The summed E-state index contributed by atoms with van der Waals surface area (Å²) in [7, 11) is 0. The second-order valence-electron chi connectivity index (χ2n) is 7.70. The van der Waals surface area contributed by atoms with Gasteiger partial charge in [0.05, 0.1) is 15.7 Å². The van der Waals surface area contributed by atoms with E-state index in [0.717, 1.165) is 15.9 Å². The number of rotatable bonds is 4. The maximum absolute atomic E-state index is 13.0. The van der Waals surface area contributed by atoms with Crippen LogP contribution in [-0.4, -0.2) is 32.2 Å². The lowest BCUT2D eigenvalue weighted by Gasteiger charge is -2.28. The fourth-order valence-corrected chi connectivity index (χ4v) is 4.38. The number of H-pyrrole nitrogens is 1. The molecule has 0 aliphatic carbocycles. The fraction of sp³-hybridized carbons (Fsp3) is 0.0833. The first-order valence-corrected chi connectivity index (χ1v) is 11.3. The number of nitrogens with one attached hydrogen (secondary N) is 1. The highest BCUT2D eigenvalue weighted by molar-refractivity contribution is 6.37. The molecule has 0 bridgehead atoms. The number of aromatic nitrogens is 4. The predicted molar refractivity (Wildman–Crippen MR) is 131 cm³/mol. The van der Waals surface area contributed by atoms with Crippen LogP contribution in [-0.2, 0) is 6.42 Å². The van der Waals surface area contributed by atoms with E-state index in [9.17, 15) is 14.4 Å². The summed E-state index contributed by atoms with van der Waals surface area (Å²) in [5.74, 6) is 0.423. The van der Waals surface area contributed by atoms with E-state index in [-0.39, 0.29) is 27.4 Å². The summed E-state index contributed by atoms with van der Waals surface area (Å²) in [4.78, 5) is 44.5. The van der Waals surface area contributed by atoms with Crippen LogP contribution >= 0.6 is 23.2 Å². The van der Waals surface area contributed by atoms with Gasteiger partial charge >= 0.3 is 5.69 Å². The average Bonchev–Trinajstić information content (AvgIpc) is 2.87. The molecule has 3 heterocycles. The van der Waals surface area contributed by atoms with Crippen molar-refractivity contribution in [2.45, 2.75) is 6.42 Å². The molecule has 0 fully saturated rings. The lowest BCUT2D eigenvalue weighted by atomic mass is 9.98.